The maximum absolute atomic E-state index is 6.05. The van der Waals surface area contributed by atoms with Crippen molar-refractivity contribution in [1.82, 2.24) is 9.97 Å². The van der Waals surface area contributed by atoms with E-state index in [-0.39, 0.29) is 0 Å². The molecule has 0 aliphatic rings. The van der Waals surface area contributed by atoms with Gasteiger partial charge in [-0.25, -0.2) is 9.97 Å². The monoisotopic (exact) mass is 600 g/mol. The largest absolute Gasteiger partial charge is 0.454 e. The minimum atomic E-state index is 0.774. The standard InChI is InChI=1S/C44H28N2O/c1-3-12-29(13-4-1)33-25-34(30-14-5-2-6-15-30)27-35(26-33)31-16-11-17-32(24-31)38-28-41(45-39-20-9-7-18-36(38)39)40-22-23-43-44(46-40)37-19-8-10-21-42(37)47-43/h1-28H. The number of benzene rings is 6. The summed E-state index contributed by atoms with van der Waals surface area (Å²) >= 11 is 0. The maximum atomic E-state index is 6.05. The van der Waals surface area contributed by atoms with Crippen LogP contribution in [0.2, 0.25) is 0 Å². The Labute approximate surface area is 272 Å². The van der Waals surface area contributed by atoms with Crippen molar-refractivity contribution in [2.24, 2.45) is 0 Å². The molecule has 3 heteroatoms. The molecule has 0 aliphatic carbocycles. The van der Waals surface area contributed by atoms with Crippen LogP contribution in [-0.2, 0) is 0 Å². The summed E-state index contributed by atoms with van der Waals surface area (Å²) in [6, 6.07) is 59.5. The van der Waals surface area contributed by atoms with Crippen LogP contribution in [0.5, 0.6) is 0 Å². The summed E-state index contributed by atoms with van der Waals surface area (Å²) in [6.07, 6.45) is 0. The molecule has 0 amide bonds. The molecule has 0 saturated heterocycles. The van der Waals surface area contributed by atoms with E-state index >= 15 is 0 Å². The molecule has 0 radical (unpaired) electrons. The van der Waals surface area contributed by atoms with Crippen LogP contribution >= 0.6 is 0 Å². The average molecular weight is 601 g/mol. The minimum Gasteiger partial charge on any atom is -0.454 e. The molecule has 3 heterocycles. The van der Waals surface area contributed by atoms with Crippen LogP contribution in [0.25, 0.3) is 88.9 Å². The predicted octanol–water partition coefficient (Wildman–Crippen LogP) is 11.9. The van der Waals surface area contributed by atoms with E-state index in [4.69, 9.17) is 14.4 Å². The van der Waals surface area contributed by atoms with Crippen molar-refractivity contribution in [3.05, 3.63) is 170 Å². The summed E-state index contributed by atoms with van der Waals surface area (Å²) in [4.78, 5) is 10.1. The molecule has 47 heavy (non-hydrogen) atoms. The van der Waals surface area contributed by atoms with E-state index in [9.17, 15) is 0 Å². The highest BCUT2D eigenvalue weighted by atomic mass is 16.3. The first-order chi connectivity index (χ1) is 23.3. The highest BCUT2D eigenvalue weighted by molar-refractivity contribution is 6.03. The number of pyridine rings is 2. The van der Waals surface area contributed by atoms with Gasteiger partial charge in [0.05, 0.1) is 16.9 Å². The molecule has 9 aromatic rings. The Hall–Kier alpha value is -6.32. The minimum absolute atomic E-state index is 0.774. The molecule has 6 aromatic carbocycles. The van der Waals surface area contributed by atoms with E-state index in [1.165, 1.54) is 27.8 Å². The number of para-hydroxylation sites is 2. The molecular weight excluding hydrogens is 572 g/mol. The zero-order valence-electron chi connectivity index (χ0n) is 25.5. The molecule has 220 valence electrons. The van der Waals surface area contributed by atoms with Gasteiger partial charge in [0, 0.05) is 10.8 Å². The first-order valence-electron chi connectivity index (χ1n) is 15.8. The van der Waals surface area contributed by atoms with Crippen molar-refractivity contribution in [3.8, 4) is 55.9 Å². The van der Waals surface area contributed by atoms with E-state index in [0.29, 0.717) is 0 Å². The molecule has 0 aliphatic heterocycles. The average Bonchev–Trinajstić information content (AvgIpc) is 3.53. The number of rotatable bonds is 5. The highest BCUT2D eigenvalue weighted by Gasteiger charge is 2.15. The van der Waals surface area contributed by atoms with Gasteiger partial charge in [-0.3, -0.25) is 0 Å². The van der Waals surface area contributed by atoms with Crippen LogP contribution < -0.4 is 0 Å². The van der Waals surface area contributed by atoms with Gasteiger partial charge < -0.3 is 4.42 Å². The van der Waals surface area contributed by atoms with Crippen molar-refractivity contribution in [2.75, 3.05) is 0 Å². The zero-order valence-corrected chi connectivity index (χ0v) is 25.5. The second kappa shape index (κ2) is 11.2. The normalized spacial score (nSPS) is 11.4. The number of nitrogens with zero attached hydrogens (tertiary/aromatic N) is 2. The molecule has 0 fully saturated rings. The van der Waals surface area contributed by atoms with Gasteiger partial charge in [0.15, 0.2) is 5.58 Å². The molecule has 0 spiro atoms. The van der Waals surface area contributed by atoms with Crippen molar-refractivity contribution in [1.29, 1.82) is 0 Å². The summed E-state index contributed by atoms with van der Waals surface area (Å²) in [7, 11) is 0. The molecule has 0 bridgehead atoms. The molecular formula is C44H28N2O. The number of hydrogen-bond acceptors (Lipinski definition) is 3. The molecule has 0 N–H and O–H groups in total. The van der Waals surface area contributed by atoms with E-state index in [1.807, 2.05) is 36.4 Å². The molecule has 0 atom stereocenters. The molecule has 0 saturated carbocycles. The third-order valence-corrected chi connectivity index (χ3v) is 8.85. The molecule has 0 unspecified atom stereocenters. The summed E-state index contributed by atoms with van der Waals surface area (Å²) in [5, 5.41) is 2.11. The van der Waals surface area contributed by atoms with Gasteiger partial charge in [0.2, 0.25) is 0 Å². The van der Waals surface area contributed by atoms with Crippen LogP contribution in [0.1, 0.15) is 0 Å². The molecule has 9 rings (SSSR count). The van der Waals surface area contributed by atoms with Crippen LogP contribution in [0, 0.1) is 0 Å². The highest BCUT2D eigenvalue weighted by Crippen LogP contribution is 2.37. The van der Waals surface area contributed by atoms with Gasteiger partial charge in [0.25, 0.3) is 0 Å². The lowest BCUT2D eigenvalue weighted by Gasteiger charge is -2.14. The fourth-order valence-corrected chi connectivity index (χ4v) is 6.53. The third kappa shape index (κ3) is 4.95. The van der Waals surface area contributed by atoms with Crippen LogP contribution in [0.15, 0.2) is 174 Å². The van der Waals surface area contributed by atoms with Crippen molar-refractivity contribution in [3.63, 3.8) is 0 Å². The SMILES string of the molecule is c1ccc(-c2cc(-c3ccccc3)cc(-c3cccc(-c4cc(-c5ccc6oc7ccccc7c6n5)nc5ccccc45)c3)c2)cc1. The number of aromatic nitrogens is 2. The van der Waals surface area contributed by atoms with Gasteiger partial charge in [-0.1, -0.05) is 109 Å². The fourth-order valence-electron chi connectivity index (χ4n) is 6.53. The Morgan fingerprint density at radius 1 is 0.340 bits per heavy atom. The third-order valence-electron chi connectivity index (χ3n) is 8.85. The van der Waals surface area contributed by atoms with Crippen LogP contribution in [0.4, 0.5) is 0 Å². The first kappa shape index (κ1) is 27.0. The van der Waals surface area contributed by atoms with Gasteiger partial charge in [-0.2, -0.15) is 0 Å². The Morgan fingerprint density at radius 3 is 1.66 bits per heavy atom. The predicted molar refractivity (Wildman–Crippen MR) is 194 cm³/mol. The quantitative estimate of drug-likeness (QED) is 0.197. The van der Waals surface area contributed by atoms with E-state index in [0.717, 1.165) is 61.1 Å². The summed E-state index contributed by atoms with van der Waals surface area (Å²) in [6.45, 7) is 0. The second-order valence-corrected chi connectivity index (χ2v) is 11.8. The molecule has 3 nitrogen and oxygen atoms in total. The summed E-state index contributed by atoms with van der Waals surface area (Å²) in [5.74, 6) is 0. The first-order valence-corrected chi connectivity index (χ1v) is 15.8. The van der Waals surface area contributed by atoms with Gasteiger partial charge in [-0.05, 0) is 105 Å². The number of fused-ring (bicyclic) bond motifs is 4. The Balaban J connectivity index is 1.20. The second-order valence-electron chi connectivity index (χ2n) is 11.8. The smallest absolute Gasteiger partial charge is 0.153 e. The van der Waals surface area contributed by atoms with E-state index in [1.54, 1.807) is 0 Å². The fraction of sp³-hybridized carbons (Fsp3) is 0. The Morgan fingerprint density at radius 2 is 0.915 bits per heavy atom. The Kier molecular flexibility index (Phi) is 6.46. The van der Waals surface area contributed by atoms with Crippen molar-refractivity contribution >= 4 is 33.0 Å². The Bertz CT molecular complexity index is 2510. The lowest BCUT2D eigenvalue weighted by atomic mass is 9.91. The number of furan rings is 1. The van der Waals surface area contributed by atoms with Crippen molar-refractivity contribution < 1.29 is 4.42 Å². The number of hydrogen-bond donors (Lipinski definition) is 0. The zero-order chi connectivity index (χ0) is 31.2. The van der Waals surface area contributed by atoms with Crippen LogP contribution in [-0.4, -0.2) is 9.97 Å². The lowest BCUT2D eigenvalue weighted by molar-refractivity contribution is 0.668. The molecule has 3 aromatic heterocycles. The van der Waals surface area contributed by atoms with Gasteiger partial charge in [0.1, 0.15) is 11.1 Å². The van der Waals surface area contributed by atoms with Gasteiger partial charge >= 0.3 is 0 Å². The maximum Gasteiger partial charge on any atom is 0.153 e. The van der Waals surface area contributed by atoms with Crippen molar-refractivity contribution in [2.45, 2.75) is 0 Å². The lowest BCUT2D eigenvalue weighted by Crippen LogP contribution is -1.92. The summed E-state index contributed by atoms with van der Waals surface area (Å²) < 4.78 is 6.05. The van der Waals surface area contributed by atoms with Gasteiger partial charge in [-0.15, -0.1) is 0 Å². The van der Waals surface area contributed by atoms with E-state index < -0.39 is 0 Å². The summed E-state index contributed by atoms with van der Waals surface area (Å²) in [5.41, 5.74) is 14.4. The van der Waals surface area contributed by atoms with Crippen LogP contribution in [0.3, 0.4) is 0 Å². The topological polar surface area (TPSA) is 38.9 Å². The van der Waals surface area contributed by atoms with E-state index in [2.05, 4.69) is 133 Å².